The predicted molar refractivity (Wildman–Crippen MR) is 80.3 cm³/mol. The van der Waals surface area contributed by atoms with Gasteiger partial charge >= 0.3 is 0 Å². The first kappa shape index (κ1) is 13.6. The number of hydrogen-bond donors (Lipinski definition) is 1. The molecular formula is C17H24N2O. The van der Waals surface area contributed by atoms with E-state index in [0.29, 0.717) is 5.91 Å². The van der Waals surface area contributed by atoms with Gasteiger partial charge in [0.05, 0.1) is 0 Å². The van der Waals surface area contributed by atoms with Gasteiger partial charge in [-0.3, -0.25) is 4.79 Å². The number of nitrogens with zero attached hydrogens (tertiary/aromatic N) is 1. The zero-order chi connectivity index (χ0) is 13.9. The van der Waals surface area contributed by atoms with Crippen LogP contribution in [0.5, 0.6) is 0 Å². The van der Waals surface area contributed by atoms with Crippen LogP contribution in [0.25, 0.3) is 0 Å². The Labute approximate surface area is 121 Å². The molecule has 1 aromatic carbocycles. The summed E-state index contributed by atoms with van der Waals surface area (Å²) < 4.78 is 0. The summed E-state index contributed by atoms with van der Waals surface area (Å²) in [6.07, 6.45) is 5.22. The Morgan fingerprint density at radius 3 is 2.30 bits per heavy atom. The molecule has 3 nitrogen and oxygen atoms in total. The molecule has 0 radical (unpaired) electrons. The second-order valence-corrected chi connectivity index (χ2v) is 6.22. The third-order valence-corrected chi connectivity index (χ3v) is 4.90. The Bertz CT molecular complexity index is 453. The third-order valence-electron chi connectivity index (χ3n) is 4.90. The quantitative estimate of drug-likeness (QED) is 0.914. The lowest BCUT2D eigenvalue weighted by Crippen LogP contribution is -2.42. The van der Waals surface area contributed by atoms with Gasteiger partial charge in [-0.2, -0.15) is 0 Å². The molecule has 2 N–H and O–H groups in total. The van der Waals surface area contributed by atoms with Gasteiger partial charge in [-0.1, -0.05) is 24.3 Å². The van der Waals surface area contributed by atoms with Crippen LogP contribution in [0.3, 0.4) is 0 Å². The highest BCUT2D eigenvalue weighted by atomic mass is 16.2. The van der Waals surface area contributed by atoms with E-state index in [-0.39, 0.29) is 5.92 Å². The fourth-order valence-corrected chi connectivity index (χ4v) is 3.67. The molecule has 1 aliphatic heterocycles. The number of benzene rings is 1. The summed E-state index contributed by atoms with van der Waals surface area (Å²) in [6.45, 7) is 2.63. The van der Waals surface area contributed by atoms with Gasteiger partial charge in [-0.15, -0.1) is 0 Å². The number of nitrogens with two attached hydrogens (primary N) is 1. The molecule has 1 aliphatic carbocycles. The Morgan fingerprint density at radius 2 is 1.75 bits per heavy atom. The summed E-state index contributed by atoms with van der Waals surface area (Å²) in [5, 5.41) is 0. The first-order chi connectivity index (χ1) is 9.78. The van der Waals surface area contributed by atoms with Crippen molar-refractivity contribution >= 4 is 5.91 Å². The summed E-state index contributed by atoms with van der Waals surface area (Å²) in [4.78, 5) is 14.7. The Balaban J connectivity index is 1.56. The van der Waals surface area contributed by atoms with Crippen LogP contribution in [0.15, 0.2) is 24.3 Å². The molecule has 1 amide bonds. The van der Waals surface area contributed by atoms with Gasteiger partial charge in [-0.25, -0.2) is 0 Å². The van der Waals surface area contributed by atoms with Crippen LogP contribution in [0.4, 0.5) is 0 Å². The second-order valence-electron chi connectivity index (χ2n) is 6.22. The van der Waals surface area contributed by atoms with Crippen LogP contribution < -0.4 is 5.73 Å². The summed E-state index contributed by atoms with van der Waals surface area (Å²) in [5.74, 6) is 1.27. The number of likely N-dealkylation sites (tertiary alicyclic amines) is 1. The number of amides is 1. The highest BCUT2D eigenvalue weighted by Gasteiger charge is 2.32. The van der Waals surface area contributed by atoms with Gasteiger partial charge in [0.1, 0.15) is 0 Å². The molecule has 108 valence electrons. The fraction of sp³-hybridized carbons (Fsp3) is 0.588. The van der Waals surface area contributed by atoms with E-state index < -0.39 is 0 Å². The lowest BCUT2D eigenvalue weighted by molar-refractivity contribution is -0.136. The fourth-order valence-electron chi connectivity index (χ4n) is 3.67. The van der Waals surface area contributed by atoms with Crippen molar-refractivity contribution in [3.63, 3.8) is 0 Å². The molecule has 3 rings (SSSR count). The first-order valence-electron chi connectivity index (χ1n) is 7.83. The molecule has 0 bridgehead atoms. The average molecular weight is 272 g/mol. The van der Waals surface area contributed by atoms with Gasteiger partial charge in [-0.05, 0) is 55.7 Å². The van der Waals surface area contributed by atoms with Crippen molar-refractivity contribution in [2.24, 2.45) is 17.6 Å². The van der Waals surface area contributed by atoms with Gasteiger partial charge in [0.2, 0.25) is 5.91 Å². The lowest BCUT2D eigenvalue weighted by Gasteiger charge is -2.33. The zero-order valence-electron chi connectivity index (χ0n) is 12.1. The Hall–Kier alpha value is -1.35. The van der Waals surface area contributed by atoms with E-state index >= 15 is 0 Å². The van der Waals surface area contributed by atoms with Crippen molar-refractivity contribution in [3.05, 3.63) is 35.4 Å². The molecule has 0 atom stereocenters. The predicted octanol–water partition coefficient (Wildman–Crippen LogP) is 1.99. The topological polar surface area (TPSA) is 46.3 Å². The molecule has 1 saturated heterocycles. The highest BCUT2D eigenvalue weighted by molar-refractivity contribution is 5.80. The van der Waals surface area contributed by atoms with E-state index in [1.165, 1.54) is 11.1 Å². The monoisotopic (exact) mass is 272 g/mol. The first-order valence-corrected chi connectivity index (χ1v) is 7.83. The van der Waals surface area contributed by atoms with Crippen LogP contribution in [0.2, 0.25) is 0 Å². The van der Waals surface area contributed by atoms with Gasteiger partial charge in [0.25, 0.3) is 0 Å². The largest absolute Gasteiger partial charge is 0.342 e. The Morgan fingerprint density at radius 1 is 1.15 bits per heavy atom. The average Bonchev–Trinajstić information content (AvgIpc) is 2.91. The van der Waals surface area contributed by atoms with Crippen molar-refractivity contribution in [1.29, 1.82) is 0 Å². The van der Waals surface area contributed by atoms with Crippen molar-refractivity contribution < 1.29 is 4.79 Å². The smallest absolute Gasteiger partial charge is 0.226 e. The minimum Gasteiger partial charge on any atom is -0.342 e. The Kier molecular flexibility index (Phi) is 4.06. The van der Waals surface area contributed by atoms with Gasteiger partial charge in [0, 0.05) is 19.0 Å². The number of fused-ring (bicyclic) bond motifs is 1. The zero-order valence-corrected chi connectivity index (χ0v) is 12.1. The van der Waals surface area contributed by atoms with Crippen LogP contribution in [-0.4, -0.2) is 30.4 Å². The molecule has 0 unspecified atom stereocenters. The molecule has 3 heteroatoms. The molecule has 0 saturated carbocycles. The number of piperidine rings is 1. The number of carbonyl (C=O) groups is 1. The second kappa shape index (κ2) is 5.96. The van der Waals surface area contributed by atoms with E-state index in [2.05, 4.69) is 29.2 Å². The maximum atomic E-state index is 12.6. The molecule has 0 aromatic heterocycles. The summed E-state index contributed by atoms with van der Waals surface area (Å²) in [7, 11) is 0. The van der Waals surface area contributed by atoms with Crippen LogP contribution in [0, 0.1) is 11.8 Å². The maximum Gasteiger partial charge on any atom is 0.226 e. The molecule has 2 aliphatic rings. The summed E-state index contributed by atoms with van der Waals surface area (Å²) >= 11 is 0. The lowest BCUT2D eigenvalue weighted by atomic mass is 9.92. The van der Waals surface area contributed by atoms with Crippen LogP contribution in [0.1, 0.15) is 30.4 Å². The van der Waals surface area contributed by atoms with E-state index in [4.69, 9.17) is 5.73 Å². The molecule has 20 heavy (non-hydrogen) atoms. The standard InChI is InChI=1S/C17H24N2O/c18-8-5-13-6-9-19(10-7-13)17(20)16-11-14-3-1-2-4-15(14)12-16/h1-4,13,16H,5-12,18H2. The van der Waals surface area contributed by atoms with Crippen LogP contribution >= 0.6 is 0 Å². The molecule has 1 fully saturated rings. The van der Waals surface area contributed by atoms with E-state index in [9.17, 15) is 4.79 Å². The van der Waals surface area contributed by atoms with E-state index in [0.717, 1.165) is 57.7 Å². The minimum atomic E-state index is 0.179. The molecule has 1 aromatic rings. The molecule has 1 heterocycles. The SMILES string of the molecule is NCCC1CCN(C(=O)C2Cc3ccccc3C2)CC1. The number of carbonyl (C=O) groups excluding carboxylic acids is 1. The van der Waals surface area contributed by atoms with Gasteiger partial charge in [0.15, 0.2) is 0 Å². The molecular weight excluding hydrogens is 248 g/mol. The van der Waals surface area contributed by atoms with Crippen molar-refractivity contribution in [3.8, 4) is 0 Å². The highest BCUT2D eigenvalue weighted by Crippen LogP contribution is 2.29. The van der Waals surface area contributed by atoms with E-state index in [1.807, 2.05) is 0 Å². The third kappa shape index (κ3) is 2.73. The van der Waals surface area contributed by atoms with Crippen LogP contribution in [-0.2, 0) is 17.6 Å². The van der Waals surface area contributed by atoms with E-state index in [1.54, 1.807) is 0 Å². The minimum absolute atomic E-state index is 0.179. The number of rotatable bonds is 3. The number of hydrogen-bond acceptors (Lipinski definition) is 2. The maximum absolute atomic E-state index is 12.6. The van der Waals surface area contributed by atoms with Crippen molar-refractivity contribution in [2.45, 2.75) is 32.1 Å². The molecule has 0 spiro atoms. The summed E-state index contributed by atoms with van der Waals surface area (Å²) in [6, 6.07) is 8.47. The van der Waals surface area contributed by atoms with Crippen molar-refractivity contribution in [1.82, 2.24) is 4.90 Å². The van der Waals surface area contributed by atoms with Crippen molar-refractivity contribution in [2.75, 3.05) is 19.6 Å². The van der Waals surface area contributed by atoms with Gasteiger partial charge < -0.3 is 10.6 Å². The summed E-state index contributed by atoms with van der Waals surface area (Å²) in [5.41, 5.74) is 8.35. The normalized spacial score (nSPS) is 20.1.